The van der Waals surface area contributed by atoms with Gasteiger partial charge in [0.05, 0.1) is 18.8 Å². The van der Waals surface area contributed by atoms with Crippen molar-refractivity contribution in [2.24, 2.45) is 17.8 Å². The molecule has 3 fully saturated rings. The summed E-state index contributed by atoms with van der Waals surface area (Å²) in [4.78, 5) is 27.5. The summed E-state index contributed by atoms with van der Waals surface area (Å²) in [5.41, 5.74) is 0. The van der Waals surface area contributed by atoms with Gasteiger partial charge in [-0.3, -0.25) is 14.5 Å². The summed E-state index contributed by atoms with van der Waals surface area (Å²) < 4.78 is 11.2. The smallest absolute Gasteiger partial charge is 0.218 e. The van der Waals surface area contributed by atoms with Crippen LogP contribution in [0.2, 0.25) is 0 Å². The fourth-order valence-electron chi connectivity index (χ4n) is 5.13. The molecule has 120 valence electrons. The van der Waals surface area contributed by atoms with Crippen LogP contribution in [0, 0.1) is 17.8 Å². The standard InChI is InChI=1S/C18H19NO4/c1-9(20)16-15-13-8-22-18(23-13)17(21)14(15)12-7-6-10-4-2-3-5-11(10)19(12)16/h2-7,10-16,18H,8H2,1H3/t10-,11+,12-,13+,14-,15-,16-,18+/m1/s1. The Balaban J connectivity index is 1.63. The zero-order valence-corrected chi connectivity index (χ0v) is 12.9. The molecule has 5 heteroatoms. The minimum absolute atomic E-state index is 0.000862. The van der Waals surface area contributed by atoms with Crippen molar-refractivity contribution in [3.8, 4) is 0 Å². The summed E-state index contributed by atoms with van der Waals surface area (Å²) in [6, 6.07) is -0.175. The van der Waals surface area contributed by atoms with E-state index in [9.17, 15) is 9.59 Å². The molecule has 5 nitrogen and oxygen atoms in total. The van der Waals surface area contributed by atoms with Gasteiger partial charge in [-0.1, -0.05) is 36.5 Å². The lowest BCUT2D eigenvalue weighted by atomic mass is 9.78. The Hall–Kier alpha value is -1.56. The van der Waals surface area contributed by atoms with Crippen LogP contribution in [0.5, 0.6) is 0 Å². The number of fused-ring (bicyclic) bond motifs is 8. The lowest BCUT2D eigenvalue weighted by molar-refractivity contribution is -0.164. The third kappa shape index (κ3) is 1.73. The number of nitrogens with zero attached hydrogens (tertiary/aromatic N) is 1. The van der Waals surface area contributed by atoms with Gasteiger partial charge in [0, 0.05) is 29.8 Å². The first kappa shape index (κ1) is 13.8. The van der Waals surface area contributed by atoms with Crippen LogP contribution in [0.4, 0.5) is 0 Å². The molecule has 5 aliphatic rings. The third-order valence-electron chi connectivity index (χ3n) is 5.95. The lowest BCUT2D eigenvalue weighted by Crippen LogP contribution is -2.52. The Morgan fingerprint density at radius 3 is 2.83 bits per heavy atom. The van der Waals surface area contributed by atoms with Gasteiger partial charge in [-0.15, -0.1) is 0 Å². The Kier molecular flexibility index (Phi) is 2.84. The van der Waals surface area contributed by atoms with E-state index in [1.165, 1.54) is 0 Å². The average molecular weight is 313 g/mol. The second-order valence-electron chi connectivity index (χ2n) is 7.06. The molecule has 0 radical (unpaired) electrons. The molecule has 0 saturated carbocycles. The van der Waals surface area contributed by atoms with E-state index < -0.39 is 6.29 Å². The number of carbonyl (C=O) groups excluding carboxylic acids is 2. The van der Waals surface area contributed by atoms with Gasteiger partial charge in [0.2, 0.25) is 6.29 Å². The summed E-state index contributed by atoms with van der Waals surface area (Å²) in [5.74, 6) is 0.0722. The molecule has 0 aromatic heterocycles. The number of Topliss-reactive ketones (excluding diaryl/α,β-unsaturated/α-hetero) is 2. The van der Waals surface area contributed by atoms with E-state index in [-0.39, 0.29) is 53.5 Å². The van der Waals surface area contributed by atoms with Crippen molar-refractivity contribution < 1.29 is 19.1 Å². The van der Waals surface area contributed by atoms with Crippen molar-refractivity contribution in [3.05, 3.63) is 36.5 Å². The Morgan fingerprint density at radius 2 is 2.00 bits per heavy atom. The van der Waals surface area contributed by atoms with E-state index in [2.05, 4.69) is 29.2 Å². The predicted molar refractivity (Wildman–Crippen MR) is 81.4 cm³/mol. The zero-order valence-electron chi connectivity index (χ0n) is 12.9. The first-order valence-corrected chi connectivity index (χ1v) is 8.29. The van der Waals surface area contributed by atoms with Crippen LogP contribution in [0.3, 0.4) is 0 Å². The summed E-state index contributed by atoms with van der Waals surface area (Å²) in [5, 5.41) is 0. The minimum atomic E-state index is -0.735. The van der Waals surface area contributed by atoms with E-state index in [4.69, 9.17) is 9.47 Å². The second-order valence-corrected chi connectivity index (χ2v) is 7.06. The molecular weight excluding hydrogens is 294 g/mol. The van der Waals surface area contributed by atoms with Gasteiger partial charge < -0.3 is 9.47 Å². The largest absolute Gasteiger partial charge is 0.343 e. The van der Waals surface area contributed by atoms with Crippen LogP contribution in [-0.2, 0) is 19.1 Å². The second kappa shape index (κ2) is 4.72. The van der Waals surface area contributed by atoms with Gasteiger partial charge in [0.25, 0.3) is 0 Å². The molecule has 2 bridgehead atoms. The maximum atomic E-state index is 12.8. The Morgan fingerprint density at radius 1 is 1.17 bits per heavy atom. The quantitative estimate of drug-likeness (QED) is 0.672. The number of rotatable bonds is 1. The van der Waals surface area contributed by atoms with Crippen LogP contribution in [0.25, 0.3) is 0 Å². The number of ketones is 2. The predicted octanol–water partition coefficient (Wildman–Crippen LogP) is 0.865. The molecule has 5 rings (SSSR count). The molecule has 1 aliphatic carbocycles. The first-order chi connectivity index (χ1) is 11.2. The topological polar surface area (TPSA) is 55.8 Å². The molecule has 4 aliphatic heterocycles. The third-order valence-corrected chi connectivity index (χ3v) is 5.95. The molecule has 0 unspecified atom stereocenters. The summed E-state index contributed by atoms with van der Waals surface area (Å²) in [7, 11) is 0. The average Bonchev–Trinajstić information content (AvgIpc) is 3.13. The summed E-state index contributed by atoms with van der Waals surface area (Å²) >= 11 is 0. The molecule has 8 atom stereocenters. The molecule has 0 amide bonds. The molecule has 3 saturated heterocycles. The lowest BCUT2D eigenvalue weighted by Gasteiger charge is -2.41. The van der Waals surface area contributed by atoms with E-state index in [1.54, 1.807) is 6.92 Å². The molecule has 4 heterocycles. The SMILES string of the molecule is CC(=O)[C@@H]1[C@H]2[C@H](C(=O)[C@H]3OC[C@@H]2O3)[C@H]2C=C[C@H]3C=CC=C[C@@H]3N21. The Labute approximate surface area is 134 Å². The van der Waals surface area contributed by atoms with Crippen molar-refractivity contribution in [2.45, 2.75) is 37.4 Å². The van der Waals surface area contributed by atoms with Gasteiger partial charge in [-0.05, 0) is 6.92 Å². The van der Waals surface area contributed by atoms with E-state index >= 15 is 0 Å². The number of hydrogen-bond acceptors (Lipinski definition) is 5. The van der Waals surface area contributed by atoms with Crippen LogP contribution in [-0.4, -0.2) is 53.6 Å². The molecule has 0 spiro atoms. The molecule has 0 aromatic carbocycles. The number of carbonyl (C=O) groups is 2. The normalized spacial score (nSPS) is 49.9. The van der Waals surface area contributed by atoms with Gasteiger partial charge >= 0.3 is 0 Å². The minimum Gasteiger partial charge on any atom is -0.343 e. The van der Waals surface area contributed by atoms with Gasteiger partial charge in [-0.2, -0.15) is 0 Å². The van der Waals surface area contributed by atoms with Crippen molar-refractivity contribution in [1.82, 2.24) is 4.90 Å². The van der Waals surface area contributed by atoms with Crippen LogP contribution >= 0.6 is 0 Å². The number of allylic oxidation sites excluding steroid dienone is 2. The van der Waals surface area contributed by atoms with Crippen LogP contribution in [0.15, 0.2) is 36.5 Å². The monoisotopic (exact) mass is 313 g/mol. The summed E-state index contributed by atoms with van der Waals surface area (Å²) in [6.07, 6.45) is 11.8. The van der Waals surface area contributed by atoms with E-state index in [0.717, 1.165) is 0 Å². The van der Waals surface area contributed by atoms with Crippen molar-refractivity contribution in [2.75, 3.05) is 6.61 Å². The fourth-order valence-corrected chi connectivity index (χ4v) is 5.13. The van der Waals surface area contributed by atoms with Gasteiger partial charge in [-0.25, -0.2) is 0 Å². The van der Waals surface area contributed by atoms with Crippen LogP contribution < -0.4 is 0 Å². The van der Waals surface area contributed by atoms with E-state index in [1.807, 2.05) is 12.2 Å². The van der Waals surface area contributed by atoms with Crippen molar-refractivity contribution in [3.63, 3.8) is 0 Å². The van der Waals surface area contributed by atoms with Crippen molar-refractivity contribution in [1.29, 1.82) is 0 Å². The zero-order chi connectivity index (χ0) is 15.7. The molecule has 0 aromatic rings. The van der Waals surface area contributed by atoms with Crippen LogP contribution in [0.1, 0.15) is 6.92 Å². The highest BCUT2D eigenvalue weighted by Crippen LogP contribution is 2.49. The Bertz CT molecular complexity index is 666. The summed E-state index contributed by atoms with van der Waals surface area (Å²) in [6.45, 7) is 2.04. The highest BCUT2D eigenvalue weighted by Gasteiger charge is 2.64. The van der Waals surface area contributed by atoms with Gasteiger partial charge in [0.1, 0.15) is 5.78 Å². The first-order valence-electron chi connectivity index (χ1n) is 8.29. The number of ether oxygens (including phenoxy) is 2. The highest BCUT2D eigenvalue weighted by molar-refractivity contribution is 5.91. The maximum absolute atomic E-state index is 12.8. The highest BCUT2D eigenvalue weighted by atomic mass is 16.7. The van der Waals surface area contributed by atoms with Gasteiger partial charge in [0.15, 0.2) is 5.78 Å². The fraction of sp³-hybridized carbons (Fsp3) is 0.556. The maximum Gasteiger partial charge on any atom is 0.218 e. The molecule has 0 N–H and O–H groups in total. The van der Waals surface area contributed by atoms with Crippen molar-refractivity contribution >= 4 is 11.6 Å². The van der Waals surface area contributed by atoms with E-state index in [0.29, 0.717) is 6.61 Å². The molecule has 23 heavy (non-hydrogen) atoms. The number of hydrogen-bond donors (Lipinski definition) is 0. The molecular formula is C18H19NO4.